The van der Waals surface area contributed by atoms with E-state index >= 15 is 0 Å². The lowest BCUT2D eigenvalue weighted by Gasteiger charge is -2.29. The zero-order chi connectivity index (χ0) is 51.2. The first-order chi connectivity index (χ1) is 34.2. The molecule has 2 aliphatic rings. The number of halogens is 1. The Morgan fingerprint density at radius 2 is 1.52 bits per heavy atom. The van der Waals surface area contributed by atoms with Crippen LogP contribution in [0.1, 0.15) is 82.4 Å². The summed E-state index contributed by atoms with van der Waals surface area (Å²) in [5.74, 6) is -2.33. The molecule has 20 heteroatoms. The highest BCUT2D eigenvalue weighted by molar-refractivity contribution is 6.32. The maximum Gasteiger partial charge on any atom is 0.347 e. The van der Waals surface area contributed by atoms with Gasteiger partial charge in [-0.25, -0.2) is 9.48 Å². The number of amides is 2. The summed E-state index contributed by atoms with van der Waals surface area (Å²) in [6.07, 6.45) is 3.86. The van der Waals surface area contributed by atoms with Crippen LogP contribution in [0.5, 0.6) is 5.75 Å². The van der Waals surface area contributed by atoms with Gasteiger partial charge in [-0.1, -0.05) is 74.0 Å². The van der Waals surface area contributed by atoms with Gasteiger partial charge in [0, 0.05) is 31.7 Å². The highest BCUT2D eigenvalue weighted by atomic mass is 35.5. The molecule has 3 heterocycles. The molecule has 3 aromatic rings. The van der Waals surface area contributed by atoms with Crippen LogP contribution in [0, 0.1) is 17.3 Å². The van der Waals surface area contributed by atoms with Crippen LogP contribution in [0.4, 0.5) is 0 Å². The van der Waals surface area contributed by atoms with Gasteiger partial charge in [-0.05, 0) is 61.1 Å². The molecule has 71 heavy (non-hydrogen) atoms. The van der Waals surface area contributed by atoms with Gasteiger partial charge in [-0.2, -0.15) is 0 Å². The number of nitrogens with zero attached hydrogens (tertiary/aromatic N) is 3. The van der Waals surface area contributed by atoms with Crippen LogP contribution in [0.3, 0.4) is 0 Å². The Morgan fingerprint density at radius 1 is 0.873 bits per heavy atom. The molecule has 1 fully saturated rings. The molecule has 1 saturated heterocycles. The molecule has 1 aromatic heterocycles. The number of benzene rings is 2. The maximum absolute atomic E-state index is 13.9. The van der Waals surface area contributed by atoms with Gasteiger partial charge in [-0.15, -0.1) is 5.10 Å². The minimum absolute atomic E-state index is 0.0223. The number of aldehydes is 1. The number of aromatic nitrogens is 3. The zero-order valence-corrected chi connectivity index (χ0v) is 42.4. The Morgan fingerprint density at radius 3 is 2.15 bits per heavy atom. The van der Waals surface area contributed by atoms with Gasteiger partial charge in [0.25, 0.3) is 0 Å². The molecule has 2 aliphatic heterocycles. The van der Waals surface area contributed by atoms with Crippen LogP contribution in [0.25, 0.3) is 0 Å². The highest BCUT2D eigenvalue weighted by Gasteiger charge is 2.48. The number of nitrogens with one attached hydrogen (secondary N) is 2. The summed E-state index contributed by atoms with van der Waals surface area (Å²) < 4.78 is 52.6. The third-order valence-corrected chi connectivity index (χ3v) is 11.9. The largest absolute Gasteiger partial charge is 0.495 e. The van der Waals surface area contributed by atoms with E-state index in [1.165, 1.54) is 13.2 Å². The fraction of sp³-hybridized carbons (Fsp3) is 0.588. The number of hydrogen-bond acceptors (Lipinski definition) is 16. The van der Waals surface area contributed by atoms with E-state index in [1.54, 1.807) is 42.8 Å². The fourth-order valence-electron chi connectivity index (χ4n) is 7.49. The molecule has 6 atom stereocenters. The first kappa shape index (κ1) is 56.6. The molecule has 5 rings (SSSR count). The van der Waals surface area contributed by atoms with Crippen molar-refractivity contribution in [2.75, 3.05) is 73.1 Å². The van der Waals surface area contributed by atoms with Crippen molar-refractivity contribution >= 4 is 41.6 Å². The molecule has 0 bridgehead atoms. The van der Waals surface area contributed by atoms with Gasteiger partial charge in [0.05, 0.1) is 102 Å². The Kier molecular flexibility index (Phi) is 23.4. The second-order valence-corrected chi connectivity index (χ2v) is 18.9. The molecular formula is C51H70ClN5O14. The van der Waals surface area contributed by atoms with Crippen LogP contribution in [0.15, 0.2) is 60.8 Å². The van der Waals surface area contributed by atoms with Gasteiger partial charge >= 0.3 is 11.9 Å². The van der Waals surface area contributed by atoms with Crippen molar-refractivity contribution in [3.63, 3.8) is 0 Å². The topological polar surface area (TPSA) is 226 Å². The number of ether oxygens (including phenoxy) is 9. The maximum atomic E-state index is 13.9. The first-order valence-corrected chi connectivity index (χ1v) is 24.5. The third kappa shape index (κ3) is 19.3. The van der Waals surface area contributed by atoms with E-state index in [0.29, 0.717) is 94.5 Å². The van der Waals surface area contributed by atoms with E-state index in [9.17, 15) is 24.0 Å². The van der Waals surface area contributed by atoms with Crippen molar-refractivity contribution in [1.29, 1.82) is 0 Å². The number of carbonyl (C=O) groups is 5. The second-order valence-electron chi connectivity index (χ2n) is 18.5. The molecule has 390 valence electrons. The number of carbonyl (C=O) groups excluding carboxylic acids is 5. The van der Waals surface area contributed by atoms with Gasteiger partial charge in [0.2, 0.25) is 11.8 Å². The summed E-state index contributed by atoms with van der Waals surface area (Å²) in [5.41, 5.74) is 2.06. The molecule has 0 spiro atoms. The number of methoxy groups -OCH3 is 1. The molecule has 2 amide bonds. The number of epoxide rings is 1. The van der Waals surface area contributed by atoms with Crippen molar-refractivity contribution in [3.05, 3.63) is 88.2 Å². The van der Waals surface area contributed by atoms with Gasteiger partial charge in [0.1, 0.15) is 36.0 Å². The number of esters is 2. The Bertz CT molecular complexity index is 2190. The van der Waals surface area contributed by atoms with E-state index in [-0.39, 0.29) is 56.5 Å². The number of cyclic esters (lactones) is 2. The average molecular weight is 1010 g/mol. The minimum atomic E-state index is -1.24. The SMILES string of the molecule is COc1ccc(C[C@H]2NC(=O)/C=C/C[C@@H]([C@H](C)C3OC3c3ccc(Cn4cc(COCCOCCOCCOCCOCCC=O)nn4)cc3)OC(=O)[C@H](CC(C)C)OC(=O)C(C)(C)CNC2=O)cc1Cl. The van der Waals surface area contributed by atoms with Crippen LogP contribution < -0.4 is 15.4 Å². The summed E-state index contributed by atoms with van der Waals surface area (Å²) in [5, 5.41) is 14.4. The Labute approximate surface area is 420 Å². The van der Waals surface area contributed by atoms with Crippen molar-refractivity contribution in [3.8, 4) is 5.75 Å². The predicted octanol–water partition coefficient (Wildman–Crippen LogP) is 4.94. The van der Waals surface area contributed by atoms with Crippen LogP contribution >= 0.6 is 11.6 Å². The van der Waals surface area contributed by atoms with Crippen molar-refractivity contribution < 1.29 is 66.6 Å². The Balaban J connectivity index is 1.13. The monoisotopic (exact) mass is 1010 g/mol. The molecule has 0 saturated carbocycles. The van der Waals surface area contributed by atoms with E-state index < -0.39 is 47.4 Å². The lowest BCUT2D eigenvalue weighted by atomic mass is 9.92. The lowest BCUT2D eigenvalue weighted by molar-refractivity contribution is -0.179. The predicted molar refractivity (Wildman–Crippen MR) is 259 cm³/mol. The third-order valence-electron chi connectivity index (χ3n) is 11.6. The molecular weight excluding hydrogens is 942 g/mol. The second kappa shape index (κ2) is 29.3. The average Bonchev–Trinajstić information content (AvgIpc) is 4.02. The van der Waals surface area contributed by atoms with Crippen LogP contribution in [0.2, 0.25) is 5.02 Å². The summed E-state index contributed by atoms with van der Waals surface area (Å²) in [4.78, 5) is 64.8. The summed E-state index contributed by atoms with van der Waals surface area (Å²) >= 11 is 6.38. The zero-order valence-electron chi connectivity index (χ0n) is 41.6. The molecule has 2 N–H and O–H groups in total. The van der Waals surface area contributed by atoms with Gasteiger partial charge in [-0.3, -0.25) is 14.4 Å². The summed E-state index contributed by atoms with van der Waals surface area (Å²) in [6, 6.07) is 12.1. The van der Waals surface area contributed by atoms with Gasteiger partial charge < -0.3 is 58.1 Å². The number of hydrogen-bond donors (Lipinski definition) is 2. The molecule has 19 nitrogen and oxygen atoms in total. The molecule has 2 aromatic carbocycles. The van der Waals surface area contributed by atoms with Crippen molar-refractivity contribution in [2.45, 2.75) is 104 Å². The van der Waals surface area contributed by atoms with E-state index in [0.717, 1.165) is 17.4 Å². The van der Waals surface area contributed by atoms with Crippen molar-refractivity contribution in [2.24, 2.45) is 17.3 Å². The van der Waals surface area contributed by atoms with Crippen LogP contribution in [-0.4, -0.2) is 143 Å². The smallest absolute Gasteiger partial charge is 0.347 e. The quantitative estimate of drug-likeness (QED) is 0.0447. The fourth-order valence-corrected chi connectivity index (χ4v) is 7.77. The van der Waals surface area contributed by atoms with E-state index in [2.05, 4.69) is 20.9 Å². The lowest BCUT2D eigenvalue weighted by Crippen LogP contribution is -2.51. The highest BCUT2D eigenvalue weighted by Crippen LogP contribution is 2.45. The minimum Gasteiger partial charge on any atom is -0.495 e. The van der Waals surface area contributed by atoms with Gasteiger partial charge in [0.15, 0.2) is 6.10 Å². The molecule has 0 aliphatic carbocycles. The summed E-state index contributed by atoms with van der Waals surface area (Å²) in [6.45, 7) is 13.5. The van der Waals surface area contributed by atoms with Crippen LogP contribution in [-0.2, 0) is 81.4 Å². The Hall–Kier alpha value is -5.28. The normalized spacial score (nSPS) is 21.7. The number of rotatable bonds is 27. The standard InChI is InChI=1S/C51H70ClN5O14/c1-34(2)27-44-49(61)69-42(9-7-10-45(59)54-41(29-37-13-16-43(63-6)40(52)28-37)48(60)53-33-51(4,5)50(62)70-44)35(3)46-47(71-46)38-14-11-36(12-15-38)30-57-31-39(55-56-57)32-68-26-25-67-24-23-66-22-21-65-20-19-64-18-8-17-58/h7,10-17,28,31,34-35,41-42,44,46-47H,8-9,18-27,29-30,32-33H2,1-6H3,(H,53,60)(H,54,59)/b10-7+/t35-,41+,42-,44-,46?,47?/m0/s1. The molecule has 2 unspecified atom stereocenters. The summed E-state index contributed by atoms with van der Waals surface area (Å²) in [7, 11) is 1.50. The van der Waals surface area contributed by atoms with E-state index in [4.69, 9.17) is 54.2 Å². The van der Waals surface area contributed by atoms with Crippen molar-refractivity contribution in [1.82, 2.24) is 25.6 Å². The molecule has 0 radical (unpaired) electrons. The van der Waals surface area contributed by atoms with E-state index in [1.807, 2.05) is 51.2 Å². The first-order valence-electron chi connectivity index (χ1n) is 24.1.